The van der Waals surface area contributed by atoms with Crippen molar-refractivity contribution < 1.29 is 9.84 Å². The summed E-state index contributed by atoms with van der Waals surface area (Å²) >= 11 is 3.38. The fourth-order valence-corrected chi connectivity index (χ4v) is 1.53. The number of aliphatic hydroxyl groups is 1. The minimum atomic E-state index is -0.435. The Balaban J connectivity index is 2.17. The van der Waals surface area contributed by atoms with Crippen LogP contribution in [0.25, 0.3) is 0 Å². The molecule has 0 aromatic heterocycles. The maximum absolute atomic E-state index is 9.51. The van der Waals surface area contributed by atoms with Crippen LogP contribution in [0.2, 0.25) is 0 Å². The summed E-state index contributed by atoms with van der Waals surface area (Å²) in [7, 11) is 0. The molecular weight excluding hydrogens is 270 g/mol. The van der Waals surface area contributed by atoms with Crippen LogP contribution in [0, 0.1) is 0 Å². The summed E-state index contributed by atoms with van der Waals surface area (Å²) in [4.78, 5) is 0. The summed E-state index contributed by atoms with van der Waals surface area (Å²) in [5, 5.41) is 12.6. The molecule has 0 bridgehead atoms. The summed E-state index contributed by atoms with van der Waals surface area (Å²) in [6.45, 7) is 4.36. The molecule has 1 atom stereocenters. The van der Waals surface area contributed by atoms with Crippen LogP contribution >= 0.6 is 15.9 Å². The molecule has 1 rings (SSSR count). The molecule has 90 valence electrons. The van der Waals surface area contributed by atoms with Crippen molar-refractivity contribution in [1.82, 2.24) is 5.32 Å². The zero-order valence-corrected chi connectivity index (χ0v) is 11.0. The van der Waals surface area contributed by atoms with E-state index in [0.29, 0.717) is 19.8 Å². The van der Waals surface area contributed by atoms with E-state index < -0.39 is 6.10 Å². The van der Waals surface area contributed by atoms with Crippen molar-refractivity contribution in [2.24, 2.45) is 0 Å². The van der Waals surface area contributed by atoms with Gasteiger partial charge in [0.25, 0.3) is 0 Å². The Morgan fingerprint density at radius 2 is 2.06 bits per heavy atom. The van der Waals surface area contributed by atoms with Crippen molar-refractivity contribution in [3.05, 3.63) is 34.3 Å². The third-order valence-corrected chi connectivity index (χ3v) is 2.65. The second kappa shape index (κ2) is 7.79. The van der Waals surface area contributed by atoms with Crippen LogP contribution in [0.4, 0.5) is 0 Å². The highest BCUT2D eigenvalue weighted by Crippen LogP contribution is 2.11. The maximum atomic E-state index is 9.51. The molecule has 1 aromatic carbocycles. The van der Waals surface area contributed by atoms with E-state index in [-0.39, 0.29) is 0 Å². The minimum Gasteiger partial charge on any atom is -0.389 e. The Morgan fingerprint density at radius 1 is 1.38 bits per heavy atom. The lowest BCUT2D eigenvalue weighted by atomic mass is 10.2. The zero-order chi connectivity index (χ0) is 11.8. The second-order valence-electron chi connectivity index (χ2n) is 3.60. The Hall–Kier alpha value is -0.420. The van der Waals surface area contributed by atoms with Gasteiger partial charge in [-0.1, -0.05) is 35.0 Å². The lowest BCUT2D eigenvalue weighted by Crippen LogP contribution is -2.30. The number of rotatable bonds is 7. The number of likely N-dealkylation sites (N-methyl/N-ethyl adjacent to an activating group) is 1. The number of benzene rings is 1. The molecule has 0 saturated heterocycles. The van der Waals surface area contributed by atoms with Gasteiger partial charge in [0, 0.05) is 11.0 Å². The van der Waals surface area contributed by atoms with Gasteiger partial charge in [0.05, 0.1) is 19.3 Å². The van der Waals surface area contributed by atoms with Crippen molar-refractivity contribution in [3.8, 4) is 0 Å². The number of nitrogens with one attached hydrogen (secondary N) is 1. The number of hydrogen-bond acceptors (Lipinski definition) is 3. The van der Waals surface area contributed by atoms with Gasteiger partial charge in [0.2, 0.25) is 0 Å². The predicted octanol–water partition coefficient (Wildman–Crippen LogP) is 1.94. The fraction of sp³-hybridized carbons (Fsp3) is 0.500. The third kappa shape index (κ3) is 5.61. The molecule has 2 N–H and O–H groups in total. The van der Waals surface area contributed by atoms with Crippen LogP contribution in [-0.2, 0) is 11.3 Å². The smallest absolute Gasteiger partial charge is 0.0897 e. The molecule has 0 spiro atoms. The monoisotopic (exact) mass is 287 g/mol. The van der Waals surface area contributed by atoms with Gasteiger partial charge < -0.3 is 15.2 Å². The standard InChI is InChI=1S/C12H18BrNO2/c1-2-14-7-12(15)9-16-8-10-3-5-11(13)6-4-10/h3-6,12,14-15H,2,7-9H2,1H3. The molecule has 0 amide bonds. The van der Waals surface area contributed by atoms with E-state index in [4.69, 9.17) is 4.74 Å². The number of aliphatic hydroxyl groups excluding tert-OH is 1. The molecule has 0 aliphatic rings. The highest BCUT2D eigenvalue weighted by molar-refractivity contribution is 9.10. The number of halogens is 1. The first-order valence-corrected chi connectivity index (χ1v) is 6.22. The Labute approximate surface area is 105 Å². The fourth-order valence-electron chi connectivity index (χ4n) is 1.26. The van der Waals surface area contributed by atoms with Gasteiger partial charge in [-0.05, 0) is 24.2 Å². The highest BCUT2D eigenvalue weighted by atomic mass is 79.9. The first-order chi connectivity index (χ1) is 7.72. The molecule has 0 aliphatic heterocycles. The summed E-state index contributed by atoms with van der Waals surface area (Å²) in [6.07, 6.45) is -0.435. The van der Waals surface area contributed by atoms with Crippen molar-refractivity contribution in [2.45, 2.75) is 19.6 Å². The van der Waals surface area contributed by atoms with Crippen LogP contribution in [0.5, 0.6) is 0 Å². The topological polar surface area (TPSA) is 41.5 Å². The van der Waals surface area contributed by atoms with Crippen molar-refractivity contribution >= 4 is 15.9 Å². The van der Waals surface area contributed by atoms with Crippen LogP contribution in [-0.4, -0.2) is 30.9 Å². The van der Waals surface area contributed by atoms with Crippen molar-refractivity contribution in [3.63, 3.8) is 0 Å². The first kappa shape index (κ1) is 13.6. The molecule has 0 heterocycles. The van der Waals surface area contributed by atoms with E-state index in [9.17, 15) is 5.11 Å². The third-order valence-electron chi connectivity index (χ3n) is 2.12. The quantitative estimate of drug-likeness (QED) is 0.805. The van der Waals surface area contributed by atoms with E-state index in [2.05, 4.69) is 21.2 Å². The van der Waals surface area contributed by atoms with Crippen LogP contribution in [0.15, 0.2) is 28.7 Å². The molecule has 16 heavy (non-hydrogen) atoms. The van der Waals surface area contributed by atoms with E-state index in [1.165, 1.54) is 0 Å². The molecule has 1 unspecified atom stereocenters. The minimum absolute atomic E-state index is 0.364. The van der Waals surface area contributed by atoms with Gasteiger partial charge in [-0.25, -0.2) is 0 Å². The highest BCUT2D eigenvalue weighted by Gasteiger charge is 2.02. The number of hydrogen-bond donors (Lipinski definition) is 2. The van der Waals surface area contributed by atoms with Gasteiger partial charge in [-0.2, -0.15) is 0 Å². The average molecular weight is 288 g/mol. The molecular formula is C12H18BrNO2. The molecule has 0 radical (unpaired) electrons. The summed E-state index contributed by atoms with van der Waals surface area (Å²) < 4.78 is 6.47. The van der Waals surface area contributed by atoms with Crippen molar-refractivity contribution in [1.29, 1.82) is 0 Å². The van der Waals surface area contributed by atoms with Gasteiger partial charge in [-0.3, -0.25) is 0 Å². The van der Waals surface area contributed by atoms with E-state index in [1.807, 2.05) is 31.2 Å². The van der Waals surface area contributed by atoms with Crippen LogP contribution in [0.1, 0.15) is 12.5 Å². The summed E-state index contributed by atoms with van der Waals surface area (Å²) in [5.41, 5.74) is 1.11. The first-order valence-electron chi connectivity index (χ1n) is 5.43. The molecule has 4 heteroatoms. The predicted molar refractivity (Wildman–Crippen MR) is 68.3 cm³/mol. The van der Waals surface area contributed by atoms with Gasteiger partial charge in [0.15, 0.2) is 0 Å². The summed E-state index contributed by atoms with van der Waals surface area (Å²) in [5.74, 6) is 0. The average Bonchev–Trinajstić information content (AvgIpc) is 2.29. The molecule has 0 aliphatic carbocycles. The van der Waals surface area contributed by atoms with E-state index in [1.54, 1.807) is 0 Å². The van der Waals surface area contributed by atoms with Gasteiger partial charge in [-0.15, -0.1) is 0 Å². The zero-order valence-electron chi connectivity index (χ0n) is 9.45. The van der Waals surface area contributed by atoms with E-state index in [0.717, 1.165) is 16.6 Å². The Kier molecular flexibility index (Phi) is 6.64. The van der Waals surface area contributed by atoms with Gasteiger partial charge >= 0.3 is 0 Å². The SMILES string of the molecule is CCNCC(O)COCc1ccc(Br)cc1. The summed E-state index contributed by atoms with van der Waals surface area (Å²) in [6, 6.07) is 7.96. The molecule has 0 fully saturated rings. The second-order valence-corrected chi connectivity index (χ2v) is 4.52. The largest absolute Gasteiger partial charge is 0.389 e. The maximum Gasteiger partial charge on any atom is 0.0897 e. The van der Waals surface area contributed by atoms with Crippen LogP contribution in [0.3, 0.4) is 0 Å². The Bertz CT molecular complexity index is 290. The van der Waals surface area contributed by atoms with Gasteiger partial charge in [0.1, 0.15) is 0 Å². The van der Waals surface area contributed by atoms with Crippen LogP contribution < -0.4 is 5.32 Å². The molecule has 0 saturated carbocycles. The Morgan fingerprint density at radius 3 is 2.69 bits per heavy atom. The molecule has 3 nitrogen and oxygen atoms in total. The molecule has 1 aromatic rings. The number of ether oxygens (including phenoxy) is 1. The lowest BCUT2D eigenvalue weighted by molar-refractivity contribution is 0.0291. The van der Waals surface area contributed by atoms with E-state index >= 15 is 0 Å². The normalized spacial score (nSPS) is 12.7. The van der Waals surface area contributed by atoms with Crippen molar-refractivity contribution in [2.75, 3.05) is 19.7 Å². The lowest BCUT2D eigenvalue weighted by Gasteiger charge is -2.11.